The van der Waals surface area contributed by atoms with Gasteiger partial charge in [0.15, 0.2) is 0 Å². The molecule has 0 radical (unpaired) electrons. The number of carbonyl (C=O) groups is 1. The van der Waals surface area contributed by atoms with Crippen LogP contribution in [0.2, 0.25) is 5.02 Å². The number of hydrogen-bond donors (Lipinski definition) is 1. The van der Waals surface area contributed by atoms with Crippen LogP contribution in [0.4, 0.5) is 0 Å². The summed E-state index contributed by atoms with van der Waals surface area (Å²) in [7, 11) is 1.38. The molecular formula is C14H17ClO3. The fourth-order valence-electron chi connectivity index (χ4n) is 2.75. The number of benzene rings is 1. The van der Waals surface area contributed by atoms with Crippen molar-refractivity contribution in [2.24, 2.45) is 0 Å². The van der Waals surface area contributed by atoms with Crippen molar-refractivity contribution in [3.05, 3.63) is 34.9 Å². The highest BCUT2D eigenvalue weighted by molar-refractivity contribution is 6.30. The van der Waals surface area contributed by atoms with E-state index in [1.165, 1.54) is 7.11 Å². The first-order valence-corrected chi connectivity index (χ1v) is 6.40. The van der Waals surface area contributed by atoms with Crippen LogP contribution in [0, 0.1) is 0 Å². The molecule has 2 rings (SSSR count). The van der Waals surface area contributed by atoms with Crippen molar-refractivity contribution in [1.29, 1.82) is 0 Å². The van der Waals surface area contributed by atoms with E-state index in [0.717, 1.165) is 5.56 Å². The minimum atomic E-state index is -0.756. The molecule has 1 fully saturated rings. The molecule has 1 aromatic carbocycles. The minimum absolute atomic E-state index is 0.289. The van der Waals surface area contributed by atoms with E-state index < -0.39 is 11.0 Å². The van der Waals surface area contributed by atoms with Gasteiger partial charge in [-0.1, -0.05) is 30.7 Å². The molecule has 0 bridgehead atoms. The second-order valence-electron chi connectivity index (χ2n) is 5.01. The fraction of sp³-hybridized carbons (Fsp3) is 0.500. The third kappa shape index (κ3) is 2.02. The summed E-state index contributed by atoms with van der Waals surface area (Å²) in [6.07, 6.45) is 1.45. The number of ether oxygens (including phenoxy) is 1. The topological polar surface area (TPSA) is 46.5 Å². The third-order valence-electron chi connectivity index (χ3n) is 3.89. The van der Waals surface area contributed by atoms with Gasteiger partial charge in [-0.15, -0.1) is 0 Å². The van der Waals surface area contributed by atoms with Gasteiger partial charge >= 0.3 is 5.97 Å². The number of hydrogen-bond acceptors (Lipinski definition) is 3. The zero-order valence-electron chi connectivity index (χ0n) is 10.6. The van der Waals surface area contributed by atoms with E-state index in [0.29, 0.717) is 24.3 Å². The first-order valence-electron chi connectivity index (χ1n) is 6.03. The maximum Gasteiger partial charge on any atom is 0.316 e. The molecule has 1 N–H and O–H groups in total. The van der Waals surface area contributed by atoms with Crippen LogP contribution in [0.3, 0.4) is 0 Å². The van der Waals surface area contributed by atoms with E-state index >= 15 is 0 Å². The molecule has 0 unspecified atom stereocenters. The smallest absolute Gasteiger partial charge is 0.316 e. The Kier molecular flexibility index (Phi) is 3.39. The van der Waals surface area contributed by atoms with E-state index in [2.05, 4.69) is 0 Å². The fourth-order valence-corrected chi connectivity index (χ4v) is 2.88. The normalized spacial score (nSPS) is 30.7. The summed E-state index contributed by atoms with van der Waals surface area (Å²) in [6.45, 7) is 1.92. The summed E-state index contributed by atoms with van der Waals surface area (Å²) in [5.74, 6) is -0.289. The number of rotatable bonds is 3. The summed E-state index contributed by atoms with van der Waals surface area (Å²) in [6, 6.07) is 7.17. The monoisotopic (exact) mass is 268 g/mol. The molecule has 1 aliphatic carbocycles. The summed E-state index contributed by atoms with van der Waals surface area (Å²) >= 11 is 5.85. The molecule has 0 spiro atoms. The zero-order chi connectivity index (χ0) is 13.4. The summed E-state index contributed by atoms with van der Waals surface area (Å²) in [5.41, 5.74) is -0.616. The summed E-state index contributed by atoms with van der Waals surface area (Å²) in [5, 5.41) is 10.8. The highest BCUT2D eigenvalue weighted by Gasteiger charge is 2.59. The van der Waals surface area contributed by atoms with Crippen molar-refractivity contribution in [3.63, 3.8) is 0 Å². The average Bonchev–Trinajstić information content (AvgIpc) is 2.35. The molecule has 3 nitrogen and oxygen atoms in total. The Morgan fingerprint density at radius 2 is 1.94 bits per heavy atom. The molecule has 0 aliphatic heterocycles. The molecule has 1 saturated carbocycles. The average molecular weight is 269 g/mol. The van der Waals surface area contributed by atoms with Gasteiger partial charge in [0, 0.05) is 5.02 Å². The van der Waals surface area contributed by atoms with Crippen LogP contribution in [0.5, 0.6) is 0 Å². The number of halogens is 1. The van der Waals surface area contributed by atoms with Crippen LogP contribution in [-0.4, -0.2) is 23.8 Å². The highest BCUT2D eigenvalue weighted by Crippen LogP contribution is 2.52. The Bertz CT molecular complexity index is 447. The highest BCUT2D eigenvalue weighted by atomic mass is 35.5. The van der Waals surface area contributed by atoms with Gasteiger partial charge in [0.25, 0.3) is 0 Å². The molecule has 1 aromatic rings. The Balaban J connectivity index is 2.34. The van der Waals surface area contributed by atoms with Crippen LogP contribution >= 0.6 is 11.6 Å². The van der Waals surface area contributed by atoms with Gasteiger partial charge in [0.2, 0.25) is 0 Å². The number of methoxy groups -OCH3 is 1. The quantitative estimate of drug-likeness (QED) is 0.858. The van der Waals surface area contributed by atoms with Crippen LogP contribution < -0.4 is 0 Å². The maximum absolute atomic E-state index is 12.0. The SMILES string of the molecule is CCC1(O)CC(C(=O)OC)(c2ccc(Cl)cc2)C1. The van der Waals surface area contributed by atoms with Crippen molar-refractivity contribution < 1.29 is 14.6 Å². The van der Waals surface area contributed by atoms with E-state index in [-0.39, 0.29) is 5.97 Å². The zero-order valence-corrected chi connectivity index (χ0v) is 11.3. The van der Waals surface area contributed by atoms with Gasteiger partial charge < -0.3 is 9.84 Å². The first-order chi connectivity index (χ1) is 8.46. The second kappa shape index (κ2) is 4.56. The van der Waals surface area contributed by atoms with Gasteiger partial charge in [-0.05, 0) is 37.0 Å². The van der Waals surface area contributed by atoms with Gasteiger partial charge in [-0.2, -0.15) is 0 Å². The summed E-state index contributed by atoms with van der Waals surface area (Å²) < 4.78 is 4.90. The Hall–Kier alpha value is -1.06. The molecule has 18 heavy (non-hydrogen) atoms. The molecule has 0 heterocycles. The second-order valence-corrected chi connectivity index (χ2v) is 5.45. The van der Waals surface area contributed by atoms with E-state index in [9.17, 15) is 9.90 Å². The molecule has 4 heteroatoms. The number of aliphatic hydroxyl groups is 1. The lowest BCUT2D eigenvalue weighted by atomic mass is 9.55. The van der Waals surface area contributed by atoms with Crippen LogP contribution in [0.25, 0.3) is 0 Å². The van der Waals surface area contributed by atoms with Gasteiger partial charge in [-0.25, -0.2) is 0 Å². The molecule has 0 aromatic heterocycles. The van der Waals surface area contributed by atoms with Crippen LogP contribution in [0.15, 0.2) is 24.3 Å². The lowest BCUT2D eigenvalue weighted by Gasteiger charge is -2.51. The molecule has 0 amide bonds. The van der Waals surface area contributed by atoms with Crippen molar-refractivity contribution >= 4 is 17.6 Å². The molecule has 98 valence electrons. The van der Waals surface area contributed by atoms with Crippen LogP contribution in [0.1, 0.15) is 31.7 Å². The van der Waals surface area contributed by atoms with Crippen molar-refractivity contribution in [3.8, 4) is 0 Å². The van der Waals surface area contributed by atoms with Crippen molar-refractivity contribution in [2.75, 3.05) is 7.11 Å². The standard InChI is InChI=1S/C14H17ClO3/c1-3-13(17)8-14(9-13,12(16)18-2)10-4-6-11(15)7-5-10/h4-7,17H,3,8-9H2,1-2H3. The van der Waals surface area contributed by atoms with E-state index in [4.69, 9.17) is 16.3 Å². The van der Waals surface area contributed by atoms with Gasteiger partial charge in [0.05, 0.1) is 18.1 Å². The third-order valence-corrected chi connectivity index (χ3v) is 4.14. The van der Waals surface area contributed by atoms with Crippen LogP contribution in [-0.2, 0) is 14.9 Å². The molecule has 0 atom stereocenters. The van der Waals surface area contributed by atoms with Gasteiger partial charge in [-0.3, -0.25) is 4.79 Å². The lowest BCUT2D eigenvalue weighted by molar-refractivity contribution is -0.168. The maximum atomic E-state index is 12.0. The largest absolute Gasteiger partial charge is 0.468 e. The first kappa shape index (κ1) is 13.4. The van der Waals surface area contributed by atoms with Crippen molar-refractivity contribution in [2.45, 2.75) is 37.2 Å². The predicted molar refractivity (Wildman–Crippen MR) is 69.6 cm³/mol. The Morgan fingerprint density at radius 1 is 1.39 bits per heavy atom. The van der Waals surface area contributed by atoms with E-state index in [1.807, 2.05) is 19.1 Å². The molecule has 0 saturated heterocycles. The lowest BCUT2D eigenvalue weighted by Crippen LogP contribution is -2.58. The predicted octanol–water partition coefficient (Wildman–Crippen LogP) is 2.69. The minimum Gasteiger partial charge on any atom is -0.468 e. The summed E-state index contributed by atoms with van der Waals surface area (Å²) in [4.78, 5) is 12.0. The Morgan fingerprint density at radius 3 is 2.39 bits per heavy atom. The van der Waals surface area contributed by atoms with Gasteiger partial charge in [0.1, 0.15) is 0 Å². The number of carbonyl (C=O) groups excluding carboxylic acids is 1. The Labute approximate surface area is 112 Å². The molecular weight excluding hydrogens is 252 g/mol. The molecule has 1 aliphatic rings. The number of esters is 1. The van der Waals surface area contributed by atoms with Crippen molar-refractivity contribution in [1.82, 2.24) is 0 Å². The van der Waals surface area contributed by atoms with E-state index in [1.54, 1.807) is 12.1 Å².